The molecule has 0 saturated carbocycles. The molecule has 0 bridgehead atoms. The summed E-state index contributed by atoms with van der Waals surface area (Å²) in [6, 6.07) is 15.2. The van der Waals surface area contributed by atoms with Gasteiger partial charge in [0.05, 0.1) is 12.1 Å². The van der Waals surface area contributed by atoms with Gasteiger partial charge in [-0.25, -0.2) is 0 Å². The maximum Gasteiger partial charge on any atom is 0.115 e. The van der Waals surface area contributed by atoms with Crippen LogP contribution < -0.4 is 10.6 Å². The maximum absolute atomic E-state index is 9.71. The van der Waals surface area contributed by atoms with E-state index in [-0.39, 0.29) is 48.4 Å². The van der Waals surface area contributed by atoms with E-state index in [4.69, 9.17) is 0 Å². The van der Waals surface area contributed by atoms with E-state index < -0.39 is 0 Å². The Morgan fingerprint density at radius 3 is 1.23 bits per heavy atom. The normalized spacial score (nSPS) is 12.5. The number of hydrogen-bond acceptors (Lipinski definition) is 4. The monoisotopic (exact) mass is 456 g/mol. The SMILES string of the molecule is CCCCCNC(c1ccc(O)cc1)C(NCCCCC)c1ccc(O)cc1.Cl.Cl. The number of rotatable bonds is 13. The van der Waals surface area contributed by atoms with Crippen molar-refractivity contribution in [1.82, 2.24) is 10.6 Å². The van der Waals surface area contributed by atoms with Crippen LogP contribution in [0.4, 0.5) is 0 Å². The Morgan fingerprint density at radius 1 is 0.600 bits per heavy atom. The molecular formula is C24H38Cl2N2O2. The van der Waals surface area contributed by atoms with Gasteiger partial charge in [-0.1, -0.05) is 63.8 Å². The maximum atomic E-state index is 9.71. The molecular weight excluding hydrogens is 419 g/mol. The molecule has 30 heavy (non-hydrogen) atoms. The van der Waals surface area contributed by atoms with Crippen LogP contribution in [0, 0.1) is 0 Å². The zero-order chi connectivity index (χ0) is 20.2. The molecule has 0 amide bonds. The van der Waals surface area contributed by atoms with E-state index in [9.17, 15) is 10.2 Å². The first kappa shape index (κ1) is 28.5. The summed E-state index contributed by atoms with van der Waals surface area (Å²) in [6.45, 7) is 6.33. The van der Waals surface area contributed by atoms with Crippen molar-refractivity contribution in [2.24, 2.45) is 0 Å². The third-order valence-electron chi connectivity index (χ3n) is 5.13. The van der Waals surface area contributed by atoms with Gasteiger partial charge in [-0.2, -0.15) is 0 Å². The topological polar surface area (TPSA) is 64.5 Å². The second-order valence-corrected chi connectivity index (χ2v) is 7.46. The summed E-state index contributed by atoms with van der Waals surface area (Å²) >= 11 is 0. The van der Waals surface area contributed by atoms with Gasteiger partial charge in [0.1, 0.15) is 11.5 Å². The zero-order valence-corrected chi connectivity index (χ0v) is 19.8. The third kappa shape index (κ3) is 9.57. The minimum absolute atomic E-state index is 0. The average Bonchev–Trinajstić information content (AvgIpc) is 2.71. The van der Waals surface area contributed by atoms with E-state index in [1.807, 2.05) is 24.3 Å². The van der Waals surface area contributed by atoms with Crippen LogP contribution in [-0.2, 0) is 0 Å². The fourth-order valence-electron chi connectivity index (χ4n) is 3.48. The molecule has 4 N–H and O–H groups in total. The van der Waals surface area contributed by atoms with Gasteiger partial charge < -0.3 is 20.8 Å². The van der Waals surface area contributed by atoms with E-state index in [0.29, 0.717) is 0 Å². The number of aromatic hydroxyl groups is 2. The molecule has 0 saturated heterocycles. The molecule has 2 aromatic carbocycles. The lowest BCUT2D eigenvalue weighted by atomic mass is 9.92. The van der Waals surface area contributed by atoms with Crippen molar-refractivity contribution >= 4 is 24.8 Å². The lowest BCUT2D eigenvalue weighted by Crippen LogP contribution is -2.36. The Hall–Kier alpha value is -1.46. The van der Waals surface area contributed by atoms with Crippen LogP contribution in [0.1, 0.15) is 75.6 Å². The first-order chi connectivity index (χ1) is 13.7. The largest absolute Gasteiger partial charge is 0.508 e. The van der Waals surface area contributed by atoms with E-state index in [1.165, 1.54) is 25.7 Å². The van der Waals surface area contributed by atoms with Crippen molar-refractivity contribution in [2.45, 2.75) is 64.5 Å². The molecule has 4 nitrogen and oxygen atoms in total. The fourth-order valence-corrected chi connectivity index (χ4v) is 3.48. The molecule has 6 heteroatoms. The van der Waals surface area contributed by atoms with Crippen molar-refractivity contribution < 1.29 is 10.2 Å². The minimum atomic E-state index is 0. The van der Waals surface area contributed by atoms with Gasteiger partial charge >= 0.3 is 0 Å². The van der Waals surface area contributed by atoms with Gasteiger partial charge in [0, 0.05) is 0 Å². The van der Waals surface area contributed by atoms with Crippen LogP contribution >= 0.6 is 24.8 Å². The Kier molecular flexibility index (Phi) is 15.5. The molecule has 0 heterocycles. The molecule has 0 aromatic heterocycles. The summed E-state index contributed by atoms with van der Waals surface area (Å²) in [7, 11) is 0. The first-order valence-electron chi connectivity index (χ1n) is 10.7. The Bertz CT molecular complexity index is 606. The number of halogens is 2. The molecule has 2 atom stereocenters. The van der Waals surface area contributed by atoms with Crippen LogP contribution in [0.3, 0.4) is 0 Å². The van der Waals surface area contributed by atoms with Crippen molar-refractivity contribution in [3.8, 4) is 11.5 Å². The second kappa shape index (κ2) is 16.3. The van der Waals surface area contributed by atoms with Crippen molar-refractivity contribution in [2.75, 3.05) is 13.1 Å². The lowest BCUT2D eigenvalue weighted by Gasteiger charge is -2.30. The molecule has 0 aliphatic rings. The fraction of sp³-hybridized carbons (Fsp3) is 0.500. The predicted molar refractivity (Wildman–Crippen MR) is 131 cm³/mol. The Balaban J connectivity index is 0.00000420. The highest BCUT2D eigenvalue weighted by atomic mass is 35.5. The number of unbranched alkanes of at least 4 members (excludes halogenated alkanes) is 4. The summed E-state index contributed by atoms with van der Waals surface area (Å²) in [5.41, 5.74) is 2.30. The number of hydrogen-bond donors (Lipinski definition) is 4. The molecule has 0 spiro atoms. The van der Waals surface area contributed by atoms with Gasteiger partial charge in [-0.05, 0) is 61.3 Å². The smallest absolute Gasteiger partial charge is 0.115 e. The Morgan fingerprint density at radius 2 is 0.933 bits per heavy atom. The summed E-state index contributed by atoms with van der Waals surface area (Å²) in [6.07, 6.45) is 7.10. The first-order valence-corrected chi connectivity index (χ1v) is 10.7. The summed E-state index contributed by atoms with van der Waals surface area (Å²) in [5, 5.41) is 26.9. The number of nitrogens with one attached hydrogen (secondary N) is 2. The molecule has 2 rings (SSSR count). The van der Waals surface area contributed by atoms with E-state index in [0.717, 1.165) is 37.1 Å². The molecule has 0 aliphatic carbocycles. The standard InChI is InChI=1S/C24H36N2O2.2ClH/c1-3-5-7-17-25-23(19-9-13-21(27)14-10-19)24(26-18-8-6-4-2)20-11-15-22(28)16-12-20;;/h9-16,23-28H,3-8,17-18H2,1-2H3;2*1H. The van der Waals surface area contributed by atoms with Crippen LogP contribution in [0.15, 0.2) is 48.5 Å². The highest BCUT2D eigenvalue weighted by Gasteiger charge is 2.24. The van der Waals surface area contributed by atoms with Crippen molar-refractivity contribution in [1.29, 1.82) is 0 Å². The number of phenols is 2. The highest BCUT2D eigenvalue weighted by molar-refractivity contribution is 5.85. The minimum Gasteiger partial charge on any atom is -0.508 e. The van der Waals surface area contributed by atoms with Gasteiger partial charge in [0.25, 0.3) is 0 Å². The molecule has 2 aromatic rings. The van der Waals surface area contributed by atoms with Gasteiger partial charge in [-0.3, -0.25) is 0 Å². The molecule has 2 unspecified atom stereocenters. The quantitative estimate of drug-likeness (QED) is 0.267. The second-order valence-electron chi connectivity index (χ2n) is 7.46. The molecule has 0 fully saturated rings. The third-order valence-corrected chi connectivity index (χ3v) is 5.13. The van der Waals surface area contributed by atoms with Gasteiger partial charge in [0.2, 0.25) is 0 Å². The summed E-state index contributed by atoms with van der Waals surface area (Å²) in [5.74, 6) is 0.566. The van der Waals surface area contributed by atoms with Crippen molar-refractivity contribution in [3.63, 3.8) is 0 Å². The van der Waals surface area contributed by atoms with Crippen LogP contribution in [-0.4, -0.2) is 23.3 Å². The summed E-state index contributed by atoms with van der Waals surface area (Å²) in [4.78, 5) is 0. The average molecular weight is 457 g/mol. The highest BCUT2D eigenvalue weighted by Crippen LogP contribution is 2.31. The molecule has 170 valence electrons. The number of benzene rings is 2. The van der Waals surface area contributed by atoms with Crippen LogP contribution in [0.25, 0.3) is 0 Å². The molecule has 0 radical (unpaired) electrons. The van der Waals surface area contributed by atoms with Crippen LogP contribution in [0.2, 0.25) is 0 Å². The Labute approximate surface area is 194 Å². The van der Waals surface area contributed by atoms with Gasteiger partial charge in [0.15, 0.2) is 0 Å². The zero-order valence-electron chi connectivity index (χ0n) is 18.1. The van der Waals surface area contributed by atoms with Gasteiger partial charge in [-0.15, -0.1) is 24.8 Å². The lowest BCUT2D eigenvalue weighted by molar-refractivity contribution is 0.376. The molecule has 0 aliphatic heterocycles. The van der Waals surface area contributed by atoms with Crippen LogP contribution in [0.5, 0.6) is 11.5 Å². The van der Waals surface area contributed by atoms with E-state index in [1.54, 1.807) is 24.3 Å². The van der Waals surface area contributed by atoms with E-state index in [2.05, 4.69) is 24.5 Å². The van der Waals surface area contributed by atoms with Crippen molar-refractivity contribution in [3.05, 3.63) is 59.7 Å². The number of phenolic OH excluding ortho intramolecular Hbond substituents is 2. The summed E-state index contributed by atoms with van der Waals surface area (Å²) < 4.78 is 0. The van der Waals surface area contributed by atoms with E-state index >= 15 is 0 Å². The predicted octanol–water partition coefficient (Wildman–Crippen LogP) is 6.28.